The number of hydrogen-bond donors (Lipinski definition) is 1. The zero-order chi connectivity index (χ0) is 14.4. The number of hydrogen-bond acceptors (Lipinski definition) is 2. The van der Waals surface area contributed by atoms with Gasteiger partial charge in [0.1, 0.15) is 5.82 Å². The van der Waals surface area contributed by atoms with Crippen LogP contribution in [0.25, 0.3) is 0 Å². The van der Waals surface area contributed by atoms with E-state index in [9.17, 15) is 4.39 Å². The third-order valence-electron chi connectivity index (χ3n) is 3.57. The van der Waals surface area contributed by atoms with Crippen molar-refractivity contribution in [2.45, 2.75) is 32.2 Å². The number of aromatic nitrogens is 2. The van der Waals surface area contributed by atoms with E-state index in [1.54, 1.807) is 0 Å². The van der Waals surface area contributed by atoms with Crippen molar-refractivity contribution in [3.8, 4) is 0 Å². The van der Waals surface area contributed by atoms with Crippen LogP contribution in [-0.2, 0) is 19.9 Å². The largest absolute Gasteiger partial charge is 0.338 e. The van der Waals surface area contributed by atoms with Gasteiger partial charge >= 0.3 is 0 Å². The maximum atomic E-state index is 12.8. The molecule has 1 aromatic carbocycles. The number of halogens is 1. The highest BCUT2D eigenvalue weighted by molar-refractivity contribution is 5.16. The average Bonchev–Trinajstić information content (AvgIpc) is 2.84. The minimum absolute atomic E-state index is 0.170. The standard InChI is InChI=1S/C16H22FN3/c1-13(3-4-14-5-7-15(17)8-6-14)19-10-9-16-11-18-12-20(16)2/h5-8,11-13,19H,3-4,9-10H2,1-2H3/t13-/m1/s1. The summed E-state index contributed by atoms with van der Waals surface area (Å²) in [5.74, 6) is -0.170. The Morgan fingerprint density at radius 3 is 2.65 bits per heavy atom. The maximum Gasteiger partial charge on any atom is 0.123 e. The highest BCUT2D eigenvalue weighted by Gasteiger charge is 2.03. The molecule has 0 fully saturated rings. The molecular weight excluding hydrogens is 253 g/mol. The molecule has 1 atom stereocenters. The van der Waals surface area contributed by atoms with Crippen LogP contribution in [0.2, 0.25) is 0 Å². The van der Waals surface area contributed by atoms with E-state index in [-0.39, 0.29) is 5.82 Å². The molecule has 3 nitrogen and oxygen atoms in total. The van der Waals surface area contributed by atoms with Crippen molar-refractivity contribution in [3.63, 3.8) is 0 Å². The molecule has 0 aliphatic carbocycles. The van der Waals surface area contributed by atoms with Gasteiger partial charge in [-0.05, 0) is 37.5 Å². The first-order chi connectivity index (χ1) is 9.65. The molecule has 108 valence electrons. The van der Waals surface area contributed by atoms with Crippen LogP contribution >= 0.6 is 0 Å². The SMILES string of the molecule is C[C@H](CCc1ccc(F)cc1)NCCc1cncn1C. The molecule has 0 amide bonds. The lowest BCUT2D eigenvalue weighted by Crippen LogP contribution is -2.28. The second-order valence-corrected chi connectivity index (χ2v) is 5.27. The van der Waals surface area contributed by atoms with E-state index in [0.29, 0.717) is 6.04 Å². The van der Waals surface area contributed by atoms with Gasteiger partial charge in [-0.3, -0.25) is 0 Å². The summed E-state index contributed by atoms with van der Waals surface area (Å²) in [5.41, 5.74) is 2.43. The molecule has 4 heteroatoms. The van der Waals surface area contributed by atoms with E-state index in [4.69, 9.17) is 0 Å². The fourth-order valence-electron chi connectivity index (χ4n) is 2.21. The molecule has 0 spiro atoms. The lowest BCUT2D eigenvalue weighted by Gasteiger charge is -2.13. The molecule has 2 rings (SSSR count). The van der Waals surface area contributed by atoms with Gasteiger partial charge in [0.15, 0.2) is 0 Å². The van der Waals surface area contributed by atoms with Crippen molar-refractivity contribution in [1.82, 2.24) is 14.9 Å². The first-order valence-electron chi connectivity index (χ1n) is 7.08. The predicted octanol–water partition coefficient (Wildman–Crippen LogP) is 2.71. The molecule has 0 aliphatic rings. The van der Waals surface area contributed by atoms with Gasteiger partial charge < -0.3 is 9.88 Å². The Kier molecular flexibility index (Phi) is 5.30. The summed E-state index contributed by atoms with van der Waals surface area (Å²) in [4.78, 5) is 4.11. The number of rotatable bonds is 7. The Hall–Kier alpha value is -1.68. The Morgan fingerprint density at radius 1 is 1.25 bits per heavy atom. The quantitative estimate of drug-likeness (QED) is 0.842. The normalized spacial score (nSPS) is 12.6. The number of benzene rings is 1. The van der Waals surface area contributed by atoms with E-state index in [2.05, 4.69) is 17.2 Å². The van der Waals surface area contributed by atoms with Crippen LogP contribution in [0, 0.1) is 5.82 Å². The van der Waals surface area contributed by atoms with Crippen LogP contribution in [0.1, 0.15) is 24.6 Å². The highest BCUT2D eigenvalue weighted by Crippen LogP contribution is 2.07. The van der Waals surface area contributed by atoms with Gasteiger partial charge in [0.25, 0.3) is 0 Å². The van der Waals surface area contributed by atoms with Gasteiger partial charge in [0, 0.05) is 37.9 Å². The minimum atomic E-state index is -0.170. The van der Waals surface area contributed by atoms with Crippen LogP contribution in [0.3, 0.4) is 0 Å². The van der Waals surface area contributed by atoms with E-state index >= 15 is 0 Å². The predicted molar refractivity (Wildman–Crippen MR) is 79.1 cm³/mol. The smallest absolute Gasteiger partial charge is 0.123 e. The van der Waals surface area contributed by atoms with Gasteiger partial charge in [-0.2, -0.15) is 0 Å². The third kappa shape index (κ3) is 4.46. The molecule has 1 heterocycles. The van der Waals surface area contributed by atoms with Crippen LogP contribution in [0.15, 0.2) is 36.8 Å². The van der Waals surface area contributed by atoms with Crippen molar-refractivity contribution in [3.05, 3.63) is 53.9 Å². The van der Waals surface area contributed by atoms with Crippen LogP contribution in [0.4, 0.5) is 4.39 Å². The fourth-order valence-corrected chi connectivity index (χ4v) is 2.21. The summed E-state index contributed by atoms with van der Waals surface area (Å²) >= 11 is 0. The van der Waals surface area contributed by atoms with Crippen molar-refractivity contribution in [2.24, 2.45) is 7.05 Å². The van der Waals surface area contributed by atoms with Gasteiger partial charge in [0.2, 0.25) is 0 Å². The summed E-state index contributed by atoms with van der Waals surface area (Å²) in [6, 6.07) is 7.22. The lowest BCUT2D eigenvalue weighted by molar-refractivity contribution is 0.513. The summed E-state index contributed by atoms with van der Waals surface area (Å²) in [6.45, 7) is 3.14. The zero-order valence-corrected chi connectivity index (χ0v) is 12.1. The molecule has 0 aliphatic heterocycles. The molecule has 1 N–H and O–H groups in total. The first-order valence-corrected chi connectivity index (χ1v) is 7.08. The second kappa shape index (κ2) is 7.20. The molecule has 0 saturated heterocycles. The fraction of sp³-hybridized carbons (Fsp3) is 0.438. The van der Waals surface area contributed by atoms with Crippen LogP contribution in [-0.4, -0.2) is 22.1 Å². The van der Waals surface area contributed by atoms with Crippen molar-refractivity contribution in [1.29, 1.82) is 0 Å². The zero-order valence-electron chi connectivity index (χ0n) is 12.1. The van der Waals surface area contributed by atoms with E-state index in [1.165, 1.54) is 23.4 Å². The number of imidazole rings is 1. The number of nitrogens with zero attached hydrogens (tertiary/aromatic N) is 2. The molecule has 0 unspecified atom stereocenters. The topological polar surface area (TPSA) is 29.9 Å². The van der Waals surface area contributed by atoms with Gasteiger partial charge in [-0.1, -0.05) is 12.1 Å². The first kappa shape index (κ1) is 14.7. The molecule has 20 heavy (non-hydrogen) atoms. The van der Waals surface area contributed by atoms with Crippen molar-refractivity contribution >= 4 is 0 Å². The van der Waals surface area contributed by atoms with Crippen molar-refractivity contribution in [2.75, 3.05) is 6.54 Å². The molecule has 0 radical (unpaired) electrons. The van der Waals surface area contributed by atoms with Crippen LogP contribution < -0.4 is 5.32 Å². The molecule has 0 bridgehead atoms. The van der Waals surface area contributed by atoms with Gasteiger partial charge in [-0.15, -0.1) is 0 Å². The summed E-state index contributed by atoms with van der Waals surface area (Å²) < 4.78 is 14.8. The Morgan fingerprint density at radius 2 is 2.00 bits per heavy atom. The lowest BCUT2D eigenvalue weighted by atomic mass is 10.1. The monoisotopic (exact) mass is 275 g/mol. The van der Waals surface area contributed by atoms with Gasteiger partial charge in [0.05, 0.1) is 6.33 Å². The molecule has 0 saturated carbocycles. The summed E-state index contributed by atoms with van der Waals surface area (Å²) in [6.07, 6.45) is 6.74. The number of nitrogens with one attached hydrogen (secondary N) is 1. The Balaban J connectivity index is 1.66. The highest BCUT2D eigenvalue weighted by atomic mass is 19.1. The molecule has 2 aromatic rings. The maximum absolute atomic E-state index is 12.8. The minimum Gasteiger partial charge on any atom is -0.338 e. The number of aryl methyl sites for hydroxylation is 2. The summed E-state index contributed by atoms with van der Waals surface area (Å²) in [7, 11) is 2.01. The van der Waals surface area contributed by atoms with Crippen LogP contribution in [0.5, 0.6) is 0 Å². The Labute approximate surface area is 119 Å². The third-order valence-corrected chi connectivity index (χ3v) is 3.57. The average molecular weight is 275 g/mol. The molecule has 1 aromatic heterocycles. The summed E-state index contributed by atoms with van der Waals surface area (Å²) in [5, 5.41) is 3.51. The second-order valence-electron chi connectivity index (χ2n) is 5.27. The van der Waals surface area contributed by atoms with E-state index < -0.39 is 0 Å². The van der Waals surface area contributed by atoms with E-state index in [1.807, 2.05) is 36.3 Å². The Bertz CT molecular complexity index is 519. The van der Waals surface area contributed by atoms with E-state index in [0.717, 1.165) is 25.8 Å². The molecular formula is C16H22FN3. The van der Waals surface area contributed by atoms with Crippen molar-refractivity contribution < 1.29 is 4.39 Å². The van der Waals surface area contributed by atoms with Gasteiger partial charge in [-0.25, -0.2) is 9.37 Å².